The maximum absolute atomic E-state index is 11.7. The number of aromatic hydroxyl groups is 1. The predicted octanol–water partition coefficient (Wildman–Crippen LogP) is 2.99. The van der Waals surface area contributed by atoms with Crippen LogP contribution < -0.4 is 4.74 Å². The summed E-state index contributed by atoms with van der Waals surface area (Å²) in [5.74, 6) is 0.912. The highest BCUT2D eigenvalue weighted by Crippen LogP contribution is 2.24. The number of hydrogen-bond donors (Lipinski definition) is 1. The van der Waals surface area contributed by atoms with Gasteiger partial charge in [0.1, 0.15) is 11.5 Å². The number of alkyl halides is 1. The number of phenols is 1. The van der Waals surface area contributed by atoms with Crippen LogP contribution in [0.15, 0.2) is 18.2 Å². The van der Waals surface area contributed by atoms with Gasteiger partial charge < -0.3 is 9.84 Å². The van der Waals surface area contributed by atoms with Crippen LogP contribution in [0.2, 0.25) is 0 Å². The number of Topliss-reactive ketones (excluding diaryl/α,β-unsaturated/α-hetero) is 1. The van der Waals surface area contributed by atoms with Gasteiger partial charge in [-0.15, -0.1) is 11.6 Å². The Labute approximate surface area is 100.0 Å². The fourth-order valence-electron chi connectivity index (χ4n) is 1.36. The lowest BCUT2D eigenvalue weighted by atomic mass is 10.1. The highest BCUT2D eigenvalue weighted by molar-refractivity contribution is 6.18. The van der Waals surface area contributed by atoms with Crippen LogP contribution in [-0.4, -0.2) is 23.4 Å². The average molecular weight is 243 g/mol. The molecular weight excluding hydrogens is 228 g/mol. The smallest absolute Gasteiger partial charge is 0.166 e. The van der Waals surface area contributed by atoms with E-state index >= 15 is 0 Å². The van der Waals surface area contributed by atoms with Gasteiger partial charge in [-0.1, -0.05) is 0 Å². The molecule has 0 heterocycles. The van der Waals surface area contributed by atoms with Crippen molar-refractivity contribution in [3.8, 4) is 11.5 Å². The minimum Gasteiger partial charge on any atom is -0.507 e. The third-order valence-corrected chi connectivity index (χ3v) is 2.38. The number of ether oxygens (including phenoxy) is 1. The number of hydrogen-bond acceptors (Lipinski definition) is 3. The number of carbonyl (C=O) groups is 1. The molecule has 0 saturated heterocycles. The molecule has 0 spiro atoms. The number of phenolic OH excluding ortho intramolecular Hbond substituents is 1. The first-order chi connectivity index (χ1) is 7.69. The molecular formula is C12H15ClO3. The molecule has 0 atom stereocenters. The summed E-state index contributed by atoms with van der Waals surface area (Å²) in [6.45, 7) is 2.39. The van der Waals surface area contributed by atoms with E-state index in [0.717, 1.165) is 0 Å². The van der Waals surface area contributed by atoms with E-state index in [1.165, 1.54) is 6.07 Å². The Hall–Kier alpha value is -1.22. The summed E-state index contributed by atoms with van der Waals surface area (Å²) in [6.07, 6.45) is 0.950. The second kappa shape index (κ2) is 6.38. The summed E-state index contributed by atoms with van der Waals surface area (Å²) in [6, 6.07) is 4.67. The largest absolute Gasteiger partial charge is 0.507 e. The van der Waals surface area contributed by atoms with Crippen LogP contribution in [0.3, 0.4) is 0 Å². The van der Waals surface area contributed by atoms with Crippen molar-refractivity contribution in [3.05, 3.63) is 23.8 Å². The van der Waals surface area contributed by atoms with E-state index in [0.29, 0.717) is 36.6 Å². The van der Waals surface area contributed by atoms with Crippen molar-refractivity contribution in [2.75, 3.05) is 12.5 Å². The highest BCUT2D eigenvalue weighted by atomic mass is 35.5. The Morgan fingerprint density at radius 3 is 2.88 bits per heavy atom. The molecule has 0 aliphatic rings. The van der Waals surface area contributed by atoms with Gasteiger partial charge in [0.2, 0.25) is 0 Å². The minimum atomic E-state index is -0.111. The van der Waals surface area contributed by atoms with Crippen LogP contribution in [0.1, 0.15) is 30.1 Å². The number of benzene rings is 1. The topological polar surface area (TPSA) is 46.5 Å². The Morgan fingerprint density at radius 2 is 2.25 bits per heavy atom. The molecule has 0 aromatic heterocycles. The van der Waals surface area contributed by atoms with Gasteiger partial charge in [-0.25, -0.2) is 0 Å². The molecule has 0 saturated carbocycles. The van der Waals surface area contributed by atoms with Crippen LogP contribution >= 0.6 is 11.6 Å². The Kier molecular flexibility index (Phi) is 5.12. The third kappa shape index (κ3) is 3.42. The van der Waals surface area contributed by atoms with Crippen LogP contribution in [0, 0.1) is 0 Å². The molecule has 0 amide bonds. The van der Waals surface area contributed by atoms with Gasteiger partial charge in [0.05, 0.1) is 12.2 Å². The van der Waals surface area contributed by atoms with Gasteiger partial charge in [0.25, 0.3) is 0 Å². The van der Waals surface area contributed by atoms with E-state index < -0.39 is 0 Å². The summed E-state index contributed by atoms with van der Waals surface area (Å²) in [5.41, 5.74) is 0.302. The monoisotopic (exact) mass is 242 g/mol. The zero-order chi connectivity index (χ0) is 12.0. The Balaban J connectivity index is 2.84. The lowest BCUT2D eigenvalue weighted by molar-refractivity contribution is 0.0979. The van der Waals surface area contributed by atoms with Crippen molar-refractivity contribution in [3.63, 3.8) is 0 Å². The molecule has 4 heteroatoms. The van der Waals surface area contributed by atoms with Crippen molar-refractivity contribution >= 4 is 17.4 Å². The first-order valence-electron chi connectivity index (χ1n) is 5.24. The van der Waals surface area contributed by atoms with Gasteiger partial charge in [0, 0.05) is 12.3 Å². The van der Waals surface area contributed by atoms with E-state index in [1.807, 2.05) is 6.92 Å². The molecule has 3 nitrogen and oxygen atoms in total. The van der Waals surface area contributed by atoms with E-state index in [1.54, 1.807) is 12.1 Å². The molecule has 0 radical (unpaired) electrons. The predicted molar refractivity (Wildman–Crippen MR) is 63.6 cm³/mol. The summed E-state index contributed by atoms with van der Waals surface area (Å²) in [5, 5.41) is 9.56. The number of halogens is 1. The lowest BCUT2D eigenvalue weighted by Crippen LogP contribution is -2.01. The maximum atomic E-state index is 11.7. The van der Waals surface area contributed by atoms with Gasteiger partial charge in [-0.3, -0.25) is 4.79 Å². The maximum Gasteiger partial charge on any atom is 0.166 e. The van der Waals surface area contributed by atoms with E-state index in [4.69, 9.17) is 16.3 Å². The second-order valence-electron chi connectivity index (χ2n) is 3.33. The van der Waals surface area contributed by atoms with Crippen LogP contribution in [-0.2, 0) is 0 Å². The fraction of sp³-hybridized carbons (Fsp3) is 0.417. The summed E-state index contributed by atoms with van der Waals surface area (Å²) in [4.78, 5) is 11.7. The summed E-state index contributed by atoms with van der Waals surface area (Å²) < 4.78 is 5.27. The molecule has 88 valence electrons. The van der Waals surface area contributed by atoms with E-state index in [-0.39, 0.29) is 11.5 Å². The van der Waals surface area contributed by atoms with Gasteiger partial charge in [-0.2, -0.15) is 0 Å². The SMILES string of the molecule is CCOc1ccc(O)c(C(=O)CCCCl)c1. The van der Waals surface area contributed by atoms with Crippen molar-refractivity contribution in [1.29, 1.82) is 0 Å². The Morgan fingerprint density at radius 1 is 1.50 bits per heavy atom. The normalized spacial score (nSPS) is 10.1. The number of carbonyl (C=O) groups excluding carboxylic acids is 1. The van der Waals surface area contributed by atoms with Gasteiger partial charge in [0.15, 0.2) is 5.78 Å². The first-order valence-corrected chi connectivity index (χ1v) is 5.77. The molecule has 0 bridgehead atoms. The quantitative estimate of drug-likeness (QED) is 0.616. The molecule has 16 heavy (non-hydrogen) atoms. The molecule has 1 aromatic carbocycles. The minimum absolute atomic E-state index is 0.0111. The summed E-state index contributed by atoms with van der Waals surface area (Å²) in [7, 11) is 0. The molecule has 1 N–H and O–H groups in total. The fourth-order valence-corrected chi connectivity index (χ4v) is 1.49. The van der Waals surface area contributed by atoms with Crippen molar-refractivity contribution in [2.45, 2.75) is 19.8 Å². The second-order valence-corrected chi connectivity index (χ2v) is 3.71. The first kappa shape index (κ1) is 12.8. The van der Waals surface area contributed by atoms with Crippen LogP contribution in [0.5, 0.6) is 11.5 Å². The van der Waals surface area contributed by atoms with Gasteiger partial charge in [-0.05, 0) is 31.5 Å². The summed E-state index contributed by atoms with van der Waals surface area (Å²) >= 11 is 5.51. The van der Waals surface area contributed by atoms with Crippen molar-refractivity contribution < 1.29 is 14.6 Å². The van der Waals surface area contributed by atoms with E-state index in [9.17, 15) is 9.90 Å². The standard InChI is InChI=1S/C12H15ClO3/c1-2-16-9-5-6-12(15)10(8-9)11(14)4-3-7-13/h5-6,8,15H,2-4,7H2,1H3. The third-order valence-electron chi connectivity index (χ3n) is 2.12. The zero-order valence-electron chi connectivity index (χ0n) is 9.20. The van der Waals surface area contributed by atoms with Crippen molar-refractivity contribution in [2.24, 2.45) is 0 Å². The highest BCUT2D eigenvalue weighted by Gasteiger charge is 2.11. The lowest BCUT2D eigenvalue weighted by Gasteiger charge is -2.07. The van der Waals surface area contributed by atoms with Gasteiger partial charge >= 0.3 is 0 Å². The van der Waals surface area contributed by atoms with Crippen LogP contribution in [0.4, 0.5) is 0 Å². The number of rotatable bonds is 6. The molecule has 1 aromatic rings. The molecule has 1 rings (SSSR count). The molecule has 0 aliphatic carbocycles. The Bertz CT molecular complexity index is 363. The van der Waals surface area contributed by atoms with Crippen LogP contribution in [0.25, 0.3) is 0 Å². The zero-order valence-corrected chi connectivity index (χ0v) is 9.96. The number of ketones is 1. The molecule has 0 unspecified atom stereocenters. The van der Waals surface area contributed by atoms with Crippen molar-refractivity contribution in [1.82, 2.24) is 0 Å². The molecule has 0 fully saturated rings. The average Bonchev–Trinajstić information content (AvgIpc) is 2.29. The van der Waals surface area contributed by atoms with E-state index in [2.05, 4.69) is 0 Å². The molecule has 0 aliphatic heterocycles.